The first-order chi connectivity index (χ1) is 4.40. The molecule has 9 heavy (non-hydrogen) atoms. The third-order valence-electron chi connectivity index (χ3n) is 2.27. The molecule has 2 nitrogen and oxygen atoms in total. The number of nitrogens with zero attached hydrogens (tertiary/aromatic N) is 1. The second-order valence-corrected chi connectivity index (χ2v) is 2.85. The molecule has 2 bridgehead atoms. The van der Waals surface area contributed by atoms with Gasteiger partial charge in [-0.15, -0.1) is 0 Å². The molecule has 0 aromatic carbocycles. The fourth-order valence-electron chi connectivity index (χ4n) is 1.77. The zero-order chi connectivity index (χ0) is 6.27. The van der Waals surface area contributed by atoms with Gasteiger partial charge in [-0.3, -0.25) is 0 Å². The van der Waals surface area contributed by atoms with Crippen molar-refractivity contribution in [3.63, 3.8) is 0 Å². The third kappa shape index (κ3) is 0.650. The van der Waals surface area contributed by atoms with E-state index in [0.29, 0.717) is 12.2 Å². The van der Waals surface area contributed by atoms with Crippen molar-refractivity contribution in [2.24, 2.45) is 5.92 Å². The third-order valence-corrected chi connectivity index (χ3v) is 2.27. The van der Waals surface area contributed by atoms with Crippen LogP contribution in [0.25, 0.3) is 0 Å². The summed E-state index contributed by atoms with van der Waals surface area (Å²) in [5.74, 6) is 0.212. The van der Waals surface area contributed by atoms with Crippen molar-refractivity contribution in [3.8, 4) is 6.07 Å². The van der Waals surface area contributed by atoms with Crippen LogP contribution in [0, 0.1) is 17.2 Å². The molecule has 2 heteroatoms. The summed E-state index contributed by atoms with van der Waals surface area (Å²) in [6.07, 6.45) is 4.01. The van der Waals surface area contributed by atoms with Crippen LogP contribution in [0.1, 0.15) is 19.3 Å². The van der Waals surface area contributed by atoms with Crippen LogP contribution in [-0.2, 0) is 4.74 Å². The van der Waals surface area contributed by atoms with E-state index in [1.165, 1.54) is 6.42 Å². The zero-order valence-electron chi connectivity index (χ0n) is 5.21. The van der Waals surface area contributed by atoms with Crippen molar-refractivity contribution >= 4 is 0 Å². The predicted octanol–water partition coefficient (Wildman–Crippen LogP) is 1.08. The number of hydrogen-bond donors (Lipinski definition) is 0. The predicted molar refractivity (Wildman–Crippen MR) is 31.6 cm³/mol. The molecule has 0 aromatic heterocycles. The molecule has 3 atom stereocenters. The highest BCUT2D eigenvalue weighted by Crippen LogP contribution is 2.37. The zero-order valence-corrected chi connectivity index (χ0v) is 5.21. The summed E-state index contributed by atoms with van der Waals surface area (Å²) in [5.41, 5.74) is 0. The molecular weight excluding hydrogens is 114 g/mol. The van der Waals surface area contributed by atoms with Crippen LogP contribution < -0.4 is 0 Å². The molecular formula is C7H9NO. The molecule has 0 amide bonds. The first-order valence-electron chi connectivity index (χ1n) is 3.45. The lowest BCUT2D eigenvalue weighted by Crippen LogP contribution is -2.13. The van der Waals surface area contributed by atoms with Crippen LogP contribution in [0.15, 0.2) is 0 Å². The van der Waals surface area contributed by atoms with Gasteiger partial charge in [0.25, 0.3) is 0 Å². The van der Waals surface area contributed by atoms with E-state index in [-0.39, 0.29) is 5.92 Å². The van der Waals surface area contributed by atoms with Gasteiger partial charge in [0.05, 0.1) is 24.2 Å². The van der Waals surface area contributed by atoms with Crippen LogP contribution in [0.2, 0.25) is 0 Å². The van der Waals surface area contributed by atoms with Crippen LogP contribution in [0.4, 0.5) is 0 Å². The average Bonchev–Trinajstić information content (AvgIpc) is 2.45. The van der Waals surface area contributed by atoms with E-state index in [9.17, 15) is 0 Å². The lowest BCUT2D eigenvalue weighted by atomic mass is 9.91. The number of rotatable bonds is 0. The molecule has 2 rings (SSSR count). The molecule has 0 saturated carbocycles. The van der Waals surface area contributed by atoms with Crippen molar-refractivity contribution in [1.29, 1.82) is 5.26 Å². The molecule has 2 fully saturated rings. The topological polar surface area (TPSA) is 33.0 Å². The first kappa shape index (κ1) is 5.25. The van der Waals surface area contributed by atoms with Gasteiger partial charge in [0, 0.05) is 0 Å². The Morgan fingerprint density at radius 1 is 1.44 bits per heavy atom. The van der Waals surface area contributed by atoms with Crippen LogP contribution in [-0.4, -0.2) is 12.2 Å². The maximum absolute atomic E-state index is 8.56. The Morgan fingerprint density at radius 3 is 2.67 bits per heavy atom. The molecule has 2 heterocycles. The normalized spacial score (nSPS) is 47.2. The summed E-state index contributed by atoms with van der Waals surface area (Å²) in [4.78, 5) is 0. The van der Waals surface area contributed by atoms with Gasteiger partial charge in [-0.2, -0.15) is 5.26 Å². The van der Waals surface area contributed by atoms with E-state index < -0.39 is 0 Å². The van der Waals surface area contributed by atoms with Crippen molar-refractivity contribution in [1.82, 2.24) is 0 Å². The Balaban J connectivity index is 2.12. The summed E-state index contributed by atoms with van der Waals surface area (Å²) >= 11 is 0. The van der Waals surface area contributed by atoms with Crippen molar-refractivity contribution in [2.75, 3.05) is 0 Å². The van der Waals surface area contributed by atoms with E-state index >= 15 is 0 Å². The van der Waals surface area contributed by atoms with E-state index in [0.717, 1.165) is 12.8 Å². The Labute approximate surface area is 54.4 Å². The minimum atomic E-state index is 0.212. The molecule has 0 aliphatic carbocycles. The monoisotopic (exact) mass is 123 g/mol. The summed E-state index contributed by atoms with van der Waals surface area (Å²) in [5, 5.41) is 8.56. The van der Waals surface area contributed by atoms with Gasteiger partial charge in [0.2, 0.25) is 0 Å². The van der Waals surface area contributed by atoms with Gasteiger partial charge in [0.15, 0.2) is 0 Å². The Bertz CT molecular complexity index is 161. The molecule has 2 aliphatic heterocycles. The molecule has 0 unspecified atom stereocenters. The molecule has 48 valence electrons. The highest BCUT2D eigenvalue weighted by Gasteiger charge is 2.40. The fourth-order valence-corrected chi connectivity index (χ4v) is 1.77. The molecule has 2 saturated heterocycles. The maximum Gasteiger partial charge on any atom is 0.0750 e. The van der Waals surface area contributed by atoms with Gasteiger partial charge in [0.1, 0.15) is 0 Å². The number of hydrogen-bond acceptors (Lipinski definition) is 2. The smallest absolute Gasteiger partial charge is 0.0750 e. The molecule has 0 aromatic rings. The van der Waals surface area contributed by atoms with Gasteiger partial charge < -0.3 is 4.74 Å². The summed E-state index contributed by atoms with van der Waals surface area (Å²) in [6, 6.07) is 2.27. The minimum absolute atomic E-state index is 0.212. The van der Waals surface area contributed by atoms with Crippen molar-refractivity contribution < 1.29 is 4.74 Å². The SMILES string of the molecule is N#C[C@H]1C[C@H]2CC[C@H]1O2. The van der Waals surface area contributed by atoms with E-state index in [1.54, 1.807) is 0 Å². The summed E-state index contributed by atoms with van der Waals surface area (Å²) in [7, 11) is 0. The fraction of sp³-hybridized carbons (Fsp3) is 0.857. The molecule has 0 spiro atoms. The molecule has 0 N–H and O–H groups in total. The number of fused-ring (bicyclic) bond motifs is 2. The summed E-state index contributed by atoms with van der Waals surface area (Å²) in [6.45, 7) is 0. The van der Waals surface area contributed by atoms with Gasteiger partial charge in [-0.1, -0.05) is 0 Å². The largest absolute Gasteiger partial charge is 0.374 e. The Kier molecular flexibility index (Phi) is 1.000. The lowest BCUT2D eigenvalue weighted by Gasteiger charge is -2.08. The Morgan fingerprint density at radius 2 is 2.33 bits per heavy atom. The van der Waals surface area contributed by atoms with Crippen LogP contribution in [0.3, 0.4) is 0 Å². The van der Waals surface area contributed by atoms with Gasteiger partial charge in [-0.25, -0.2) is 0 Å². The minimum Gasteiger partial charge on any atom is -0.374 e. The van der Waals surface area contributed by atoms with E-state index in [2.05, 4.69) is 6.07 Å². The quantitative estimate of drug-likeness (QED) is 0.482. The summed E-state index contributed by atoms with van der Waals surface area (Å²) < 4.78 is 5.45. The first-order valence-corrected chi connectivity index (χ1v) is 3.45. The highest BCUT2D eigenvalue weighted by molar-refractivity contribution is 4.99. The van der Waals surface area contributed by atoms with E-state index in [1.807, 2.05) is 0 Å². The molecule has 0 radical (unpaired) electrons. The highest BCUT2D eigenvalue weighted by atomic mass is 16.5. The number of ether oxygens (including phenoxy) is 1. The van der Waals surface area contributed by atoms with E-state index in [4.69, 9.17) is 10.00 Å². The standard InChI is InChI=1S/C7H9NO/c8-4-5-3-6-1-2-7(5)9-6/h5-7H,1-3H2/t5-,6-,7-/m1/s1. The van der Waals surface area contributed by atoms with Gasteiger partial charge >= 0.3 is 0 Å². The maximum atomic E-state index is 8.56. The second kappa shape index (κ2) is 1.71. The second-order valence-electron chi connectivity index (χ2n) is 2.85. The van der Waals surface area contributed by atoms with Crippen LogP contribution in [0.5, 0.6) is 0 Å². The average molecular weight is 123 g/mol. The van der Waals surface area contributed by atoms with Crippen LogP contribution >= 0.6 is 0 Å². The molecule has 2 aliphatic rings. The lowest BCUT2D eigenvalue weighted by molar-refractivity contribution is 0.0986. The number of nitriles is 1. The van der Waals surface area contributed by atoms with Gasteiger partial charge in [-0.05, 0) is 19.3 Å². The Hall–Kier alpha value is -0.550. The van der Waals surface area contributed by atoms with Crippen molar-refractivity contribution in [3.05, 3.63) is 0 Å². The van der Waals surface area contributed by atoms with Crippen molar-refractivity contribution in [2.45, 2.75) is 31.5 Å².